The fraction of sp³-hybridized carbons (Fsp3) is 0.0435. The first-order valence-corrected chi connectivity index (χ1v) is 8.58. The smallest absolute Gasteiger partial charge is 0.0525 e. The van der Waals surface area contributed by atoms with Gasteiger partial charge in [-0.25, -0.2) is 0 Å². The van der Waals surface area contributed by atoms with Crippen LogP contribution in [0.25, 0.3) is 33.0 Å². The Morgan fingerprint density at radius 1 is 0.625 bits per heavy atom. The molecule has 0 aromatic heterocycles. The van der Waals surface area contributed by atoms with Gasteiger partial charge in [-0.15, -0.1) is 0 Å². The van der Waals surface area contributed by atoms with Gasteiger partial charge in [-0.05, 0) is 44.7 Å². The molecule has 1 aliphatic carbocycles. The van der Waals surface area contributed by atoms with Crippen molar-refractivity contribution in [1.82, 2.24) is 0 Å². The molecule has 114 valence electrons. The quantitative estimate of drug-likeness (QED) is 0.320. The van der Waals surface area contributed by atoms with E-state index >= 15 is 0 Å². The summed E-state index contributed by atoms with van der Waals surface area (Å²) in [7, 11) is 0. The Labute approximate surface area is 146 Å². The van der Waals surface area contributed by atoms with Gasteiger partial charge < -0.3 is 0 Å². The summed E-state index contributed by atoms with van der Waals surface area (Å²) in [5.74, 6) is 0. The summed E-state index contributed by atoms with van der Waals surface area (Å²) in [5.41, 5.74) is 7.51. The lowest BCUT2D eigenvalue weighted by Gasteiger charge is -2.11. The number of hydrogen-bond acceptors (Lipinski definition) is 0. The van der Waals surface area contributed by atoms with Crippen molar-refractivity contribution in [2.24, 2.45) is 0 Å². The van der Waals surface area contributed by atoms with Crippen LogP contribution in [0.5, 0.6) is 0 Å². The van der Waals surface area contributed by atoms with Crippen molar-refractivity contribution in [3.8, 4) is 22.3 Å². The zero-order valence-electron chi connectivity index (χ0n) is 13.1. The Kier molecular flexibility index (Phi) is 3.01. The molecule has 4 aromatic rings. The van der Waals surface area contributed by atoms with Crippen LogP contribution in [-0.4, -0.2) is 0 Å². The van der Waals surface area contributed by atoms with Gasteiger partial charge in [-0.1, -0.05) is 84.4 Å². The van der Waals surface area contributed by atoms with Crippen LogP contribution in [0.4, 0.5) is 0 Å². The Morgan fingerprint density at radius 2 is 1.38 bits per heavy atom. The Bertz CT molecular complexity index is 1090. The van der Waals surface area contributed by atoms with Gasteiger partial charge in [0.25, 0.3) is 0 Å². The highest BCUT2D eigenvalue weighted by Crippen LogP contribution is 2.44. The van der Waals surface area contributed by atoms with E-state index in [2.05, 4.69) is 78.9 Å². The fourth-order valence-electron chi connectivity index (χ4n) is 3.75. The van der Waals surface area contributed by atoms with Gasteiger partial charge in [-0.2, -0.15) is 0 Å². The molecule has 1 aliphatic rings. The summed E-state index contributed by atoms with van der Waals surface area (Å²) in [6, 6.07) is 28.0. The Morgan fingerprint density at radius 3 is 2.29 bits per heavy atom. The zero-order valence-corrected chi connectivity index (χ0v) is 13.8. The minimum atomic E-state index is 0.888. The molecule has 0 saturated carbocycles. The third kappa shape index (κ3) is 2.00. The molecule has 4 aromatic carbocycles. The number of fused-ring (bicyclic) bond motifs is 4. The van der Waals surface area contributed by atoms with E-state index in [0.29, 0.717) is 0 Å². The lowest BCUT2D eigenvalue weighted by Crippen LogP contribution is -1.87. The minimum absolute atomic E-state index is 0.888. The van der Waals surface area contributed by atoms with E-state index < -0.39 is 0 Å². The molecule has 0 amide bonds. The van der Waals surface area contributed by atoms with Gasteiger partial charge in [0.05, 0.1) is 5.02 Å². The largest absolute Gasteiger partial charge is 0.0833 e. The second-order valence-corrected chi connectivity index (χ2v) is 6.73. The van der Waals surface area contributed by atoms with Crippen molar-refractivity contribution in [3.63, 3.8) is 0 Å². The van der Waals surface area contributed by atoms with Gasteiger partial charge in [0, 0.05) is 12.0 Å². The van der Waals surface area contributed by atoms with E-state index in [1.165, 1.54) is 38.6 Å². The molecule has 0 bridgehead atoms. The maximum Gasteiger partial charge on any atom is 0.0525 e. The summed E-state index contributed by atoms with van der Waals surface area (Å²) < 4.78 is 0. The molecule has 0 unspecified atom stereocenters. The van der Waals surface area contributed by atoms with E-state index in [9.17, 15) is 0 Å². The monoisotopic (exact) mass is 326 g/mol. The lowest BCUT2D eigenvalue weighted by molar-refractivity contribution is 1.26. The minimum Gasteiger partial charge on any atom is -0.0833 e. The molecule has 0 aliphatic heterocycles. The van der Waals surface area contributed by atoms with E-state index in [0.717, 1.165) is 17.0 Å². The summed E-state index contributed by atoms with van der Waals surface area (Å²) in [5, 5.41) is 3.39. The molecular formula is C23H15Cl. The number of rotatable bonds is 1. The van der Waals surface area contributed by atoms with Gasteiger partial charge in [0.15, 0.2) is 0 Å². The van der Waals surface area contributed by atoms with Crippen LogP contribution >= 0.6 is 11.6 Å². The lowest BCUT2D eigenvalue weighted by atomic mass is 9.97. The molecule has 1 heteroatoms. The standard InChI is InChI=1S/C23H15Cl/c24-23-20(18-10-9-15-5-1-2-6-16(15)13-18)11-12-21-19-8-4-3-7-17(19)14-22(21)23/h1-13H,14H2. The molecule has 0 radical (unpaired) electrons. The molecule has 0 spiro atoms. The highest BCUT2D eigenvalue weighted by Gasteiger charge is 2.22. The number of hydrogen-bond donors (Lipinski definition) is 0. The second kappa shape index (κ2) is 5.22. The third-order valence-electron chi connectivity index (χ3n) is 4.98. The molecule has 0 atom stereocenters. The second-order valence-electron chi connectivity index (χ2n) is 6.35. The van der Waals surface area contributed by atoms with Crippen LogP contribution in [0, 0.1) is 0 Å². The first kappa shape index (κ1) is 13.8. The van der Waals surface area contributed by atoms with Crippen molar-refractivity contribution in [2.45, 2.75) is 6.42 Å². The Hall–Kier alpha value is -2.57. The van der Waals surface area contributed by atoms with Crippen LogP contribution in [0.2, 0.25) is 5.02 Å². The fourth-order valence-corrected chi connectivity index (χ4v) is 4.09. The van der Waals surface area contributed by atoms with Crippen LogP contribution in [-0.2, 0) is 6.42 Å². The summed E-state index contributed by atoms with van der Waals surface area (Å²) in [6.45, 7) is 0. The SMILES string of the molecule is Clc1c(-c2ccc3ccccc3c2)ccc2c1Cc1ccccc1-2. The van der Waals surface area contributed by atoms with Crippen molar-refractivity contribution >= 4 is 22.4 Å². The van der Waals surface area contributed by atoms with E-state index in [1.807, 2.05) is 0 Å². The van der Waals surface area contributed by atoms with E-state index in [-0.39, 0.29) is 0 Å². The summed E-state index contributed by atoms with van der Waals surface area (Å²) >= 11 is 6.83. The predicted molar refractivity (Wildman–Crippen MR) is 103 cm³/mol. The maximum absolute atomic E-state index is 6.83. The van der Waals surface area contributed by atoms with Gasteiger partial charge in [-0.3, -0.25) is 0 Å². The molecular weight excluding hydrogens is 312 g/mol. The normalized spacial score (nSPS) is 12.2. The van der Waals surface area contributed by atoms with E-state index in [1.54, 1.807) is 0 Å². The number of halogens is 1. The van der Waals surface area contributed by atoms with Crippen molar-refractivity contribution in [1.29, 1.82) is 0 Å². The molecule has 0 nitrogen and oxygen atoms in total. The maximum atomic E-state index is 6.83. The molecule has 0 N–H and O–H groups in total. The topological polar surface area (TPSA) is 0 Å². The van der Waals surface area contributed by atoms with Crippen LogP contribution in [0.1, 0.15) is 11.1 Å². The molecule has 0 heterocycles. The van der Waals surface area contributed by atoms with Gasteiger partial charge in [0.1, 0.15) is 0 Å². The van der Waals surface area contributed by atoms with Gasteiger partial charge in [0.2, 0.25) is 0 Å². The van der Waals surface area contributed by atoms with Crippen molar-refractivity contribution in [2.75, 3.05) is 0 Å². The van der Waals surface area contributed by atoms with Gasteiger partial charge >= 0.3 is 0 Å². The molecule has 5 rings (SSSR count). The highest BCUT2D eigenvalue weighted by atomic mass is 35.5. The van der Waals surface area contributed by atoms with Crippen molar-refractivity contribution < 1.29 is 0 Å². The first-order valence-electron chi connectivity index (χ1n) is 8.20. The molecule has 0 fully saturated rings. The highest BCUT2D eigenvalue weighted by molar-refractivity contribution is 6.34. The van der Waals surface area contributed by atoms with E-state index in [4.69, 9.17) is 11.6 Å². The molecule has 0 saturated heterocycles. The third-order valence-corrected chi connectivity index (χ3v) is 5.41. The summed E-state index contributed by atoms with van der Waals surface area (Å²) in [6.07, 6.45) is 0.922. The van der Waals surface area contributed by atoms with Crippen LogP contribution < -0.4 is 0 Å². The van der Waals surface area contributed by atoms with Crippen molar-refractivity contribution in [3.05, 3.63) is 95.0 Å². The average molecular weight is 327 g/mol. The predicted octanol–water partition coefficient (Wildman–Crippen LogP) is 6.73. The zero-order chi connectivity index (χ0) is 16.1. The number of benzene rings is 4. The van der Waals surface area contributed by atoms with Crippen LogP contribution in [0.3, 0.4) is 0 Å². The summed E-state index contributed by atoms with van der Waals surface area (Å²) in [4.78, 5) is 0. The van der Waals surface area contributed by atoms with Crippen LogP contribution in [0.15, 0.2) is 78.9 Å². The molecule has 24 heavy (non-hydrogen) atoms. The average Bonchev–Trinajstić information content (AvgIpc) is 3.01. The first-order chi connectivity index (χ1) is 11.8. The Balaban J connectivity index is 1.69.